The lowest BCUT2D eigenvalue weighted by molar-refractivity contribution is 0.0650. The Hall–Kier alpha value is -3.15. The van der Waals surface area contributed by atoms with E-state index in [-0.39, 0.29) is 17.6 Å². The minimum atomic E-state index is -0.530. The van der Waals surface area contributed by atoms with Crippen molar-refractivity contribution in [1.82, 2.24) is 9.88 Å². The second kappa shape index (κ2) is 6.87. The molecule has 27 heavy (non-hydrogen) atoms. The van der Waals surface area contributed by atoms with Gasteiger partial charge in [0, 0.05) is 30.1 Å². The van der Waals surface area contributed by atoms with Crippen LogP contribution in [-0.4, -0.2) is 34.7 Å². The van der Waals surface area contributed by atoms with Gasteiger partial charge in [-0.05, 0) is 50.1 Å². The number of aromatic amines is 1. The summed E-state index contributed by atoms with van der Waals surface area (Å²) in [5.74, 6) is -0.618. The molecule has 1 fully saturated rings. The van der Waals surface area contributed by atoms with Crippen LogP contribution in [0.3, 0.4) is 0 Å². The van der Waals surface area contributed by atoms with Gasteiger partial charge < -0.3 is 9.32 Å². The number of hydrogen-bond donors (Lipinski definition) is 1. The first-order chi connectivity index (χ1) is 13.0. The van der Waals surface area contributed by atoms with E-state index in [0.29, 0.717) is 48.2 Å². The van der Waals surface area contributed by atoms with Crippen molar-refractivity contribution in [2.45, 2.75) is 19.8 Å². The number of carbonyl (C=O) groups excluding carboxylic acids is 2. The summed E-state index contributed by atoms with van der Waals surface area (Å²) in [6.07, 6.45) is 1.26. The summed E-state index contributed by atoms with van der Waals surface area (Å²) in [7, 11) is 0. The molecule has 6 nitrogen and oxygen atoms in total. The zero-order valence-electron chi connectivity index (χ0n) is 15.0. The Bertz CT molecular complexity index is 1050. The van der Waals surface area contributed by atoms with Crippen molar-refractivity contribution in [3.8, 4) is 0 Å². The first-order valence-corrected chi connectivity index (χ1v) is 9.04. The Morgan fingerprint density at radius 3 is 2.41 bits per heavy atom. The zero-order chi connectivity index (χ0) is 19.0. The molecule has 1 N–H and O–H groups in total. The molecule has 1 aliphatic heterocycles. The van der Waals surface area contributed by atoms with E-state index < -0.39 is 5.76 Å². The quantitative estimate of drug-likeness (QED) is 0.724. The molecule has 1 aromatic heterocycles. The van der Waals surface area contributed by atoms with Crippen molar-refractivity contribution in [1.29, 1.82) is 0 Å². The fourth-order valence-corrected chi connectivity index (χ4v) is 3.56. The number of piperidine rings is 1. The molecule has 1 saturated heterocycles. The number of amides is 1. The number of oxazole rings is 1. The molecule has 6 heteroatoms. The van der Waals surface area contributed by atoms with Gasteiger partial charge in [0.1, 0.15) is 0 Å². The number of aromatic nitrogens is 1. The molecule has 0 bridgehead atoms. The van der Waals surface area contributed by atoms with E-state index in [1.165, 1.54) is 0 Å². The van der Waals surface area contributed by atoms with Crippen LogP contribution < -0.4 is 5.76 Å². The van der Waals surface area contributed by atoms with Crippen LogP contribution in [0.5, 0.6) is 0 Å². The highest BCUT2D eigenvalue weighted by atomic mass is 16.4. The smallest absolute Gasteiger partial charge is 0.408 e. The summed E-state index contributed by atoms with van der Waals surface area (Å²) >= 11 is 0. The van der Waals surface area contributed by atoms with E-state index in [9.17, 15) is 14.4 Å². The van der Waals surface area contributed by atoms with Gasteiger partial charge in [-0.1, -0.05) is 17.7 Å². The van der Waals surface area contributed by atoms with Crippen molar-refractivity contribution < 1.29 is 14.0 Å². The predicted molar refractivity (Wildman–Crippen MR) is 101 cm³/mol. The number of rotatable bonds is 3. The number of likely N-dealkylation sites (tertiary alicyclic amines) is 1. The van der Waals surface area contributed by atoms with Crippen LogP contribution in [0.2, 0.25) is 0 Å². The summed E-state index contributed by atoms with van der Waals surface area (Å²) < 4.78 is 5.04. The Kier molecular flexibility index (Phi) is 4.39. The van der Waals surface area contributed by atoms with Crippen LogP contribution in [0.4, 0.5) is 0 Å². The van der Waals surface area contributed by atoms with Crippen LogP contribution in [0.25, 0.3) is 11.1 Å². The lowest BCUT2D eigenvalue weighted by Gasteiger charge is -2.31. The van der Waals surface area contributed by atoms with Gasteiger partial charge in [-0.25, -0.2) is 4.79 Å². The van der Waals surface area contributed by atoms with Crippen LogP contribution in [0, 0.1) is 12.8 Å². The summed E-state index contributed by atoms with van der Waals surface area (Å²) in [6, 6.07) is 12.5. The van der Waals surface area contributed by atoms with Gasteiger partial charge in [0.25, 0.3) is 5.91 Å². The van der Waals surface area contributed by atoms with Crippen molar-refractivity contribution in [2.75, 3.05) is 13.1 Å². The van der Waals surface area contributed by atoms with Crippen LogP contribution >= 0.6 is 0 Å². The maximum absolute atomic E-state index is 12.8. The second-order valence-corrected chi connectivity index (χ2v) is 7.02. The van der Waals surface area contributed by atoms with Crippen LogP contribution in [-0.2, 0) is 0 Å². The van der Waals surface area contributed by atoms with Gasteiger partial charge in [0.15, 0.2) is 11.4 Å². The molecule has 3 aromatic rings. The van der Waals surface area contributed by atoms with E-state index in [1.54, 1.807) is 18.2 Å². The van der Waals surface area contributed by atoms with Crippen molar-refractivity contribution in [3.05, 3.63) is 69.7 Å². The van der Waals surface area contributed by atoms with Gasteiger partial charge in [-0.15, -0.1) is 0 Å². The third-order valence-electron chi connectivity index (χ3n) is 5.16. The molecule has 0 aliphatic carbocycles. The van der Waals surface area contributed by atoms with E-state index in [0.717, 1.165) is 5.56 Å². The minimum Gasteiger partial charge on any atom is -0.408 e. The van der Waals surface area contributed by atoms with Gasteiger partial charge in [-0.3, -0.25) is 14.6 Å². The highest BCUT2D eigenvalue weighted by Crippen LogP contribution is 2.24. The number of carbonyl (C=O) groups is 2. The number of nitrogens with one attached hydrogen (secondary N) is 1. The average Bonchev–Trinajstić information content (AvgIpc) is 3.07. The molecular formula is C21H20N2O4. The molecule has 0 spiro atoms. The number of ketones is 1. The van der Waals surface area contributed by atoms with Crippen molar-refractivity contribution in [2.24, 2.45) is 5.92 Å². The normalized spacial score (nSPS) is 15.2. The highest BCUT2D eigenvalue weighted by molar-refractivity contribution is 6.00. The molecule has 0 atom stereocenters. The summed E-state index contributed by atoms with van der Waals surface area (Å²) in [6.45, 7) is 3.11. The molecule has 1 amide bonds. The standard InChI is InChI=1S/C21H20N2O4/c1-13-2-4-15(5-3-13)20(25)23-10-8-14(9-11-23)19(24)16-6-7-17-18(12-16)27-21(26)22-17/h2-7,12,14H,8-11H2,1H3,(H,22,26). The zero-order valence-corrected chi connectivity index (χ0v) is 15.0. The van der Waals surface area contributed by atoms with Crippen molar-refractivity contribution in [3.63, 3.8) is 0 Å². The lowest BCUT2D eigenvalue weighted by atomic mass is 9.88. The fraction of sp³-hybridized carbons (Fsp3) is 0.286. The Balaban J connectivity index is 1.43. The Labute approximate surface area is 155 Å². The molecule has 0 saturated carbocycles. The van der Waals surface area contributed by atoms with Gasteiger partial charge >= 0.3 is 5.76 Å². The Morgan fingerprint density at radius 1 is 1.04 bits per heavy atom. The third-order valence-corrected chi connectivity index (χ3v) is 5.16. The van der Waals surface area contributed by atoms with E-state index >= 15 is 0 Å². The largest absolute Gasteiger partial charge is 0.417 e. The molecule has 0 radical (unpaired) electrons. The summed E-state index contributed by atoms with van der Waals surface area (Å²) in [4.78, 5) is 41.0. The molecule has 2 aromatic carbocycles. The van der Waals surface area contributed by atoms with Crippen molar-refractivity contribution >= 4 is 22.8 Å². The molecule has 4 rings (SSSR count). The topological polar surface area (TPSA) is 83.4 Å². The molecule has 138 valence electrons. The number of H-pyrrole nitrogens is 1. The van der Waals surface area contributed by atoms with Crippen LogP contribution in [0.15, 0.2) is 51.7 Å². The van der Waals surface area contributed by atoms with Gasteiger partial charge in [0.05, 0.1) is 5.52 Å². The van der Waals surface area contributed by atoms with E-state index in [4.69, 9.17) is 4.42 Å². The molecule has 0 unspecified atom stereocenters. The number of Topliss-reactive ketones (excluding diaryl/α,β-unsaturated/α-hetero) is 1. The monoisotopic (exact) mass is 364 g/mol. The maximum Gasteiger partial charge on any atom is 0.417 e. The summed E-state index contributed by atoms with van der Waals surface area (Å²) in [5.41, 5.74) is 3.30. The van der Waals surface area contributed by atoms with E-state index in [2.05, 4.69) is 4.98 Å². The number of hydrogen-bond acceptors (Lipinski definition) is 4. The first kappa shape index (κ1) is 17.3. The number of fused-ring (bicyclic) bond motifs is 1. The second-order valence-electron chi connectivity index (χ2n) is 7.02. The Morgan fingerprint density at radius 2 is 1.70 bits per heavy atom. The maximum atomic E-state index is 12.8. The summed E-state index contributed by atoms with van der Waals surface area (Å²) in [5, 5.41) is 0. The SMILES string of the molecule is Cc1ccc(C(=O)N2CCC(C(=O)c3ccc4[nH]c(=O)oc4c3)CC2)cc1. The first-order valence-electron chi connectivity index (χ1n) is 9.04. The number of nitrogens with zero attached hydrogens (tertiary/aromatic N) is 1. The predicted octanol–water partition coefficient (Wildman–Crippen LogP) is 3.16. The number of aryl methyl sites for hydroxylation is 1. The van der Waals surface area contributed by atoms with Crippen LogP contribution in [0.1, 0.15) is 39.1 Å². The average molecular weight is 364 g/mol. The van der Waals surface area contributed by atoms with Gasteiger partial charge in [-0.2, -0.15) is 0 Å². The van der Waals surface area contributed by atoms with E-state index in [1.807, 2.05) is 36.1 Å². The van der Waals surface area contributed by atoms with Gasteiger partial charge in [0.2, 0.25) is 0 Å². The molecule has 2 heterocycles. The minimum absolute atomic E-state index is 0.0106. The number of benzene rings is 2. The lowest BCUT2D eigenvalue weighted by Crippen LogP contribution is -2.40. The highest BCUT2D eigenvalue weighted by Gasteiger charge is 2.28. The molecule has 1 aliphatic rings. The third kappa shape index (κ3) is 3.43. The fourth-order valence-electron chi connectivity index (χ4n) is 3.56. The molecular weight excluding hydrogens is 344 g/mol.